The quantitative estimate of drug-likeness (QED) is 0.828. The highest BCUT2D eigenvalue weighted by molar-refractivity contribution is 7.89. The third-order valence-corrected chi connectivity index (χ3v) is 4.75. The molecule has 122 valence electrons. The second kappa shape index (κ2) is 8.58. The minimum atomic E-state index is -3.44. The molecule has 5 nitrogen and oxygen atoms in total. The van der Waals surface area contributed by atoms with Crippen molar-refractivity contribution in [2.75, 3.05) is 27.2 Å². The molecule has 0 saturated heterocycles. The summed E-state index contributed by atoms with van der Waals surface area (Å²) in [6, 6.07) is 4.97. The SMILES string of the molecule is CNCCN(C)S(=O)(=O)c1ccc(OC(C)C)c(C)c1.Cl. The molecule has 7 heteroatoms. The molecule has 0 radical (unpaired) electrons. The Morgan fingerprint density at radius 1 is 1.33 bits per heavy atom. The van der Waals surface area contributed by atoms with Crippen molar-refractivity contribution < 1.29 is 13.2 Å². The molecule has 1 rings (SSSR count). The van der Waals surface area contributed by atoms with Gasteiger partial charge in [-0.3, -0.25) is 0 Å². The summed E-state index contributed by atoms with van der Waals surface area (Å²) in [4.78, 5) is 0.296. The highest BCUT2D eigenvalue weighted by Crippen LogP contribution is 2.24. The average molecular weight is 337 g/mol. The number of sulfonamides is 1. The van der Waals surface area contributed by atoms with E-state index in [0.29, 0.717) is 18.0 Å². The third kappa shape index (κ3) is 5.47. The molecule has 0 aromatic heterocycles. The Bertz CT molecular complexity index is 547. The monoisotopic (exact) mass is 336 g/mol. The maximum Gasteiger partial charge on any atom is 0.242 e. The fourth-order valence-electron chi connectivity index (χ4n) is 1.74. The summed E-state index contributed by atoms with van der Waals surface area (Å²) >= 11 is 0. The van der Waals surface area contributed by atoms with Crippen LogP contribution < -0.4 is 10.1 Å². The predicted molar refractivity (Wildman–Crippen MR) is 87.9 cm³/mol. The zero-order valence-electron chi connectivity index (χ0n) is 13.2. The molecule has 0 unspecified atom stereocenters. The molecule has 0 bridgehead atoms. The highest BCUT2D eigenvalue weighted by atomic mass is 35.5. The number of hydrogen-bond acceptors (Lipinski definition) is 4. The first-order valence-corrected chi connectivity index (χ1v) is 8.11. The minimum absolute atomic E-state index is 0. The molecule has 0 spiro atoms. The zero-order valence-corrected chi connectivity index (χ0v) is 14.8. The molecular formula is C14H25ClN2O3S. The van der Waals surface area contributed by atoms with Crippen molar-refractivity contribution in [1.29, 1.82) is 0 Å². The van der Waals surface area contributed by atoms with E-state index < -0.39 is 10.0 Å². The number of halogens is 1. The van der Waals surface area contributed by atoms with Crippen LogP contribution in [0.3, 0.4) is 0 Å². The number of aryl methyl sites for hydroxylation is 1. The molecule has 1 aromatic rings. The average Bonchev–Trinajstić information content (AvgIpc) is 2.37. The number of nitrogens with one attached hydrogen (secondary N) is 1. The molecule has 0 aliphatic heterocycles. The Labute approximate surface area is 134 Å². The van der Waals surface area contributed by atoms with Crippen LogP contribution in [0, 0.1) is 6.92 Å². The fraction of sp³-hybridized carbons (Fsp3) is 0.571. The number of benzene rings is 1. The van der Waals surface area contributed by atoms with Crippen molar-refractivity contribution in [3.8, 4) is 5.75 Å². The number of likely N-dealkylation sites (N-methyl/N-ethyl adjacent to an activating group) is 2. The van der Waals surface area contributed by atoms with Gasteiger partial charge < -0.3 is 10.1 Å². The smallest absolute Gasteiger partial charge is 0.242 e. The van der Waals surface area contributed by atoms with Crippen LogP contribution in [-0.4, -0.2) is 46.0 Å². The Kier molecular flexibility index (Phi) is 8.25. The maximum absolute atomic E-state index is 12.4. The van der Waals surface area contributed by atoms with E-state index in [4.69, 9.17) is 4.74 Å². The normalized spacial score (nSPS) is 11.6. The lowest BCUT2D eigenvalue weighted by Crippen LogP contribution is -2.32. The van der Waals surface area contributed by atoms with Gasteiger partial charge in [0.05, 0.1) is 11.0 Å². The number of rotatable bonds is 7. The van der Waals surface area contributed by atoms with Crippen molar-refractivity contribution in [2.45, 2.75) is 31.8 Å². The van der Waals surface area contributed by atoms with Crippen LogP contribution in [0.15, 0.2) is 23.1 Å². The summed E-state index contributed by atoms with van der Waals surface area (Å²) in [5.41, 5.74) is 0.821. The summed E-state index contributed by atoms with van der Waals surface area (Å²) in [5, 5.41) is 2.94. The van der Waals surface area contributed by atoms with Crippen LogP contribution in [0.5, 0.6) is 5.75 Å². The summed E-state index contributed by atoms with van der Waals surface area (Å²) in [6.07, 6.45) is 0.0643. The van der Waals surface area contributed by atoms with Crippen molar-refractivity contribution in [3.05, 3.63) is 23.8 Å². The van der Waals surface area contributed by atoms with Crippen LogP contribution >= 0.6 is 12.4 Å². The summed E-state index contributed by atoms with van der Waals surface area (Å²) in [5.74, 6) is 0.719. The minimum Gasteiger partial charge on any atom is -0.491 e. The first kappa shape index (κ1) is 20.2. The van der Waals surface area contributed by atoms with Gasteiger partial charge in [-0.05, 0) is 51.6 Å². The van der Waals surface area contributed by atoms with Crippen molar-refractivity contribution in [2.24, 2.45) is 0 Å². The van der Waals surface area contributed by atoms with Gasteiger partial charge in [-0.2, -0.15) is 4.31 Å². The van der Waals surface area contributed by atoms with E-state index in [1.165, 1.54) is 4.31 Å². The van der Waals surface area contributed by atoms with Gasteiger partial charge in [0, 0.05) is 20.1 Å². The van der Waals surface area contributed by atoms with Gasteiger partial charge in [-0.15, -0.1) is 12.4 Å². The lowest BCUT2D eigenvalue weighted by molar-refractivity contribution is 0.240. The van der Waals surface area contributed by atoms with E-state index >= 15 is 0 Å². The van der Waals surface area contributed by atoms with Gasteiger partial charge in [0.15, 0.2) is 0 Å². The fourth-order valence-corrected chi connectivity index (χ4v) is 3.00. The van der Waals surface area contributed by atoms with Gasteiger partial charge in [0.2, 0.25) is 10.0 Å². The summed E-state index contributed by atoms with van der Waals surface area (Å²) < 4.78 is 31.7. The first-order chi connectivity index (χ1) is 9.28. The molecule has 0 fully saturated rings. The lowest BCUT2D eigenvalue weighted by Gasteiger charge is -2.18. The standard InChI is InChI=1S/C14H24N2O3S.ClH/c1-11(2)19-14-7-6-13(10-12(14)3)20(17,18)16(5)9-8-15-4;/h6-7,10-11,15H,8-9H2,1-5H3;1H. The third-order valence-electron chi connectivity index (χ3n) is 2.89. The molecule has 1 N–H and O–H groups in total. The van der Waals surface area contributed by atoms with Gasteiger partial charge >= 0.3 is 0 Å². The van der Waals surface area contributed by atoms with Gasteiger partial charge in [0.25, 0.3) is 0 Å². The molecule has 0 amide bonds. The van der Waals surface area contributed by atoms with E-state index in [2.05, 4.69) is 5.32 Å². The van der Waals surface area contributed by atoms with Crippen LogP contribution in [-0.2, 0) is 10.0 Å². The zero-order chi connectivity index (χ0) is 15.3. The topological polar surface area (TPSA) is 58.6 Å². The molecule has 1 aromatic carbocycles. The van der Waals surface area contributed by atoms with Crippen LogP contribution in [0.1, 0.15) is 19.4 Å². The predicted octanol–water partition coefficient (Wildman–Crippen LogP) is 2.04. The molecule has 21 heavy (non-hydrogen) atoms. The van der Waals surface area contributed by atoms with Gasteiger partial charge in [-0.1, -0.05) is 0 Å². The van der Waals surface area contributed by atoms with E-state index in [9.17, 15) is 8.42 Å². The van der Waals surface area contributed by atoms with Crippen LogP contribution in [0.25, 0.3) is 0 Å². The Hall–Kier alpha value is -0.820. The number of ether oxygens (including phenoxy) is 1. The molecule has 0 aliphatic carbocycles. The van der Waals surface area contributed by atoms with E-state index in [1.54, 1.807) is 32.3 Å². The number of nitrogens with zero attached hydrogens (tertiary/aromatic N) is 1. The van der Waals surface area contributed by atoms with Crippen molar-refractivity contribution in [1.82, 2.24) is 9.62 Å². The largest absolute Gasteiger partial charge is 0.491 e. The van der Waals surface area contributed by atoms with E-state index in [1.807, 2.05) is 20.8 Å². The van der Waals surface area contributed by atoms with E-state index in [0.717, 1.165) is 11.3 Å². The second-order valence-electron chi connectivity index (χ2n) is 5.02. The Balaban J connectivity index is 0.00000400. The second-order valence-corrected chi connectivity index (χ2v) is 7.07. The highest BCUT2D eigenvalue weighted by Gasteiger charge is 2.21. The number of hydrogen-bond donors (Lipinski definition) is 1. The molecule has 0 heterocycles. The Morgan fingerprint density at radius 2 is 1.95 bits per heavy atom. The molecule has 0 atom stereocenters. The summed E-state index contributed by atoms with van der Waals surface area (Å²) in [6.45, 7) is 6.78. The molecule has 0 aliphatic rings. The van der Waals surface area contributed by atoms with Gasteiger partial charge in [-0.25, -0.2) is 8.42 Å². The van der Waals surface area contributed by atoms with Crippen molar-refractivity contribution >= 4 is 22.4 Å². The Morgan fingerprint density at radius 3 is 2.43 bits per heavy atom. The summed E-state index contributed by atoms with van der Waals surface area (Å²) in [7, 11) is -0.0630. The first-order valence-electron chi connectivity index (χ1n) is 6.67. The molecule has 0 saturated carbocycles. The lowest BCUT2D eigenvalue weighted by atomic mass is 10.2. The van der Waals surface area contributed by atoms with Gasteiger partial charge in [0.1, 0.15) is 5.75 Å². The molecular weight excluding hydrogens is 312 g/mol. The maximum atomic E-state index is 12.4. The van der Waals surface area contributed by atoms with Crippen molar-refractivity contribution in [3.63, 3.8) is 0 Å². The van der Waals surface area contributed by atoms with Crippen LogP contribution in [0.4, 0.5) is 0 Å². The van der Waals surface area contributed by atoms with E-state index in [-0.39, 0.29) is 18.5 Å². The van der Waals surface area contributed by atoms with Crippen LogP contribution in [0.2, 0.25) is 0 Å².